The number of hydrogen-bond donors (Lipinski definition) is 3. The van der Waals surface area contributed by atoms with E-state index in [9.17, 15) is 14.4 Å². The Bertz CT molecular complexity index is 1590. The molecule has 0 radical (unpaired) electrons. The van der Waals surface area contributed by atoms with Gasteiger partial charge in [0, 0.05) is 54.4 Å². The summed E-state index contributed by atoms with van der Waals surface area (Å²) in [7, 11) is 0. The molecule has 5 rings (SSSR count). The summed E-state index contributed by atoms with van der Waals surface area (Å²) < 4.78 is 0. The number of hydroxylamine groups is 1. The maximum atomic E-state index is 13.3. The van der Waals surface area contributed by atoms with Gasteiger partial charge in [-0.25, -0.2) is 9.79 Å². The van der Waals surface area contributed by atoms with E-state index in [4.69, 9.17) is 10.6 Å². The smallest absolute Gasteiger partial charge is 0.356 e. The fourth-order valence-corrected chi connectivity index (χ4v) is 5.47. The zero-order valence-electron chi connectivity index (χ0n) is 25.1. The van der Waals surface area contributed by atoms with E-state index in [1.54, 1.807) is 48.7 Å². The number of hydrogen-bond acceptors (Lipinski definition) is 8. The Morgan fingerprint density at radius 1 is 1.02 bits per heavy atom. The van der Waals surface area contributed by atoms with Gasteiger partial charge in [-0.15, -0.1) is 5.48 Å². The fourth-order valence-electron chi connectivity index (χ4n) is 5.47. The second-order valence-electron chi connectivity index (χ2n) is 11.1. The average Bonchev–Trinajstić information content (AvgIpc) is 3.21. The average molecular weight is 595 g/mol. The van der Waals surface area contributed by atoms with Crippen LogP contribution < -0.4 is 16.5 Å². The molecule has 44 heavy (non-hydrogen) atoms. The van der Waals surface area contributed by atoms with E-state index in [0.717, 1.165) is 42.5 Å². The summed E-state index contributed by atoms with van der Waals surface area (Å²) in [6, 6.07) is 15.9. The molecule has 1 aromatic heterocycles. The first-order valence-corrected chi connectivity index (χ1v) is 15.1. The fraction of sp³-hybridized carbons (Fsp3) is 0.324. The third-order valence-corrected chi connectivity index (χ3v) is 7.65. The van der Waals surface area contributed by atoms with Crippen molar-refractivity contribution in [3.8, 4) is 0 Å². The van der Waals surface area contributed by atoms with Gasteiger partial charge in [0.05, 0.1) is 23.1 Å². The Morgan fingerprint density at radius 2 is 1.80 bits per heavy atom. The lowest BCUT2D eigenvalue weighted by molar-refractivity contribution is -0.127. The Balaban J connectivity index is 1.23. The van der Waals surface area contributed by atoms with Crippen molar-refractivity contribution in [2.75, 3.05) is 18.4 Å². The number of benzene rings is 2. The molecule has 10 nitrogen and oxygen atoms in total. The Hall–Kier alpha value is -4.83. The molecule has 1 atom stereocenters. The van der Waals surface area contributed by atoms with Crippen LogP contribution in [0.1, 0.15) is 77.1 Å². The highest BCUT2D eigenvalue weighted by Crippen LogP contribution is 2.29. The number of carbonyl (C=O) groups excluding carboxylic acids is 3. The van der Waals surface area contributed by atoms with Crippen molar-refractivity contribution in [1.29, 1.82) is 0 Å². The second kappa shape index (κ2) is 14.1. The molecular weight excluding hydrogens is 556 g/mol. The van der Waals surface area contributed by atoms with Crippen LogP contribution in [0.25, 0.3) is 6.08 Å². The second-order valence-corrected chi connectivity index (χ2v) is 11.1. The molecule has 2 aromatic carbocycles. The number of nitrogens with zero attached hydrogens (tertiary/aromatic N) is 3. The van der Waals surface area contributed by atoms with Crippen molar-refractivity contribution in [1.82, 2.24) is 15.4 Å². The number of aliphatic imine (C=N–C) groups is 1. The molecule has 10 heteroatoms. The van der Waals surface area contributed by atoms with Crippen LogP contribution in [-0.2, 0) is 22.5 Å². The van der Waals surface area contributed by atoms with E-state index in [-0.39, 0.29) is 24.3 Å². The molecule has 0 spiro atoms. The van der Waals surface area contributed by atoms with Crippen LogP contribution in [0.3, 0.4) is 0 Å². The molecule has 2 amide bonds. The predicted octanol–water partition coefficient (Wildman–Crippen LogP) is 4.98. The van der Waals surface area contributed by atoms with Crippen molar-refractivity contribution in [3.05, 3.63) is 94.3 Å². The van der Waals surface area contributed by atoms with Gasteiger partial charge in [0.2, 0.25) is 5.91 Å². The number of amides is 2. The minimum Gasteiger partial charge on any atom is -0.387 e. The molecule has 0 bridgehead atoms. The predicted molar refractivity (Wildman–Crippen MR) is 170 cm³/mol. The van der Waals surface area contributed by atoms with Crippen LogP contribution in [0.5, 0.6) is 0 Å². The lowest BCUT2D eigenvalue weighted by Crippen LogP contribution is -2.36. The first-order valence-electron chi connectivity index (χ1n) is 15.1. The molecule has 0 saturated heterocycles. The van der Waals surface area contributed by atoms with Crippen molar-refractivity contribution in [3.63, 3.8) is 0 Å². The van der Waals surface area contributed by atoms with Gasteiger partial charge in [-0.1, -0.05) is 38.1 Å². The van der Waals surface area contributed by atoms with Gasteiger partial charge < -0.3 is 20.8 Å². The summed E-state index contributed by atoms with van der Waals surface area (Å²) in [5, 5.41) is 2.94. The highest BCUT2D eigenvalue weighted by Gasteiger charge is 2.23. The van der Waals surface area contributed by atoms with Gasteiger partial charge in [-0.2, -0.15) is 0 Å². The third kappa shape index (κ3) is 7.38. The molecule has 2 heterocycles. The first kappa shape index (κ1) is 30.6. The van der Waals surface area contributed by atoms with Crippen LogP contribution in [0, 0.1) is 0 Å². The van der Waals surface area contributed by atoms with Gasteiger partial charge in [0.1, 0.15) is 5.84 Å². The molecular formula is C34H38N6O4. The SMILES string of the molecule is CCCN(CCC)C(=O)C1=Cc2ccc(C(=O)Nc3cnc4c(c3)CCC(NOC(=O)c3ccccc3)C4)cc2N=C(N)C1. The van der Waals surface area contributed by atoms with E-state index < -0.39 is 5.97 Å². The molecule has 3 aromatic rings. The molecule has 0 saturated carbocycles. The van der Waals surface area contributed by atoms with Crippen molar-refractivity contribution in [2.24, 2.45) is 10.7 Å². The Morgan fingerprint density at radius 3 is 2.55 bits per heavy atom. The molecule has 0 fully saturated rings. The molecule has 1 unspecified atom stereocenters. The van der Waals surface area contributed by atoms with Crippen molar-refractivity contribution in [2.45, 2.75) is 58.4 Å². The monoisotopic (exact) mass is 594 g/mol. The van der Waals surface area contributed by atoms with Crippen LogP contribution in [0.2, 0.25) is 0 Å². The third-order valence-electron chi connectivity index (χ3n) is 7.65. The number of fused-ring (bicyclic) bond motifs is 2. The summed E-state index contributed by atoms with van der Waals surface area (Å²) in [5.41, 5.74) is 14.4. The quantitative estimate of drug-likeness (QED) is 0.282. The van der Waals surface area contributed by atoms with Crippen LogP contribution in [0.4, 0.5) is 11.4 Å². The minimum atomic E-state index is -0.427. The lowest BCUT2D eigenvalue weighted by atomic mass is 9.92. The number of rotatable bonds is 10. The van der Waals surface area contributed by atoms with Gasteiger partial charge in [-0.05, 0) is 67.7 Å². The van der Waals surface area contributed by atoms with Gasteiger partial charge in [0.15, 0.2) is 0 Å². The number of pyridine rings is 1. The van der Waals surface area contributed by atoms with Gasteiger partial charge >= 0.3 is 5.97 Å². The van der Waals surface area contributed by atoms with E-state index in [1.165, 1.54) is 0 Å². The summed E-state index contributed by atoms with van der Waals surface area (Å²) in [5.74, 6) is -0.427. The van der Waals surface area contributed by atoms with Crippen molar-refractivity contribution < 1.29 is 19.2 Å². The number of anilines is 1. The number of nitrogens with one attached hydrogen (secondary N) is 2. The number of carbonyl (C=O) groups is 3. The van der Waals surface area contributed by atoms with Gasteiger partial charge in [0.25, 0.3) is 5.91 Å². The molecule has 2 aliphatic rings. The maximum absolute atomic E-state index is 13.3. The van der Waals surface area contributed by atoms with E-state index in [1.807, 2.05) is 23.1 Å². The molecule has 228 valence electrons. The zero-order valence-corrected chi connectivity index (χ0v) is 25.1. The highest BCUT2D eigenvalue weighted by molar-refractivity contribution is 6.08. The van der Waals surface area contributed by atoms with Crippen molar-refractivity contribution >= 4 is 41.1 Å². The summed E-state index contributed by atoms with van der Waals surface area (Å²) in [6.07, 6.45) is 7.55. The summed E-state index contributed by atoms with van der Waals surface area (Å²) in [4.78, 5) is 55.0. The van der Waals surface area contributed by atoms with E-state index >= 15 is 0 Å². The van der Waals surface area contributed by atoms with Crippen LogP contribution in [-0.4, -0.2) is 52.6 Å². The highest BCUT2D eigenvalue weighted by atomic mass is 16.7. The topological polar surface area (TPSA) is 139 Å². The van der Waals surface area contributed by atoms with E-state index in [2.05, 4.69) is 34.6 Å². The summed E-state index contributed by atoms with van der Waals surface area (Å²) >= 11 is 0. The normalized spacial score (nSPS) is 15.5. The Labute approximate surface area is 257 Å². The molecule has 4 N–H and O–H groups in total. The molecule has 1 aliphatic carbocycles. The van der Waals surface area contributed by atoms with Crippen LogP contribution in [0.15, 0.2) is 71.4 Å². The maximum Gasteiger partial charge on any atom is 0.356 e. The molecule has 1 aliphatic heterocycles. The number of aromatic nitrogens is 1. The lowest BCUT2D eigenvalue weighted by Gasteiger charge is -2.24. The number of nitrogens with two attached hydrogens (primary N) is 1. The number of amidine groups is 1. The largest absolute Gasteiger partial charge is 0.387 e. The number of aryl methyl sites for hydroxylation is 1. The first-order chi connectivity index (χ1) is 21.3. The standard InChI is InChI=1S/C34H38N6O4/c1-3-14-40(15-4-2)33(42)26-16-23-10-11-25(18-30(23)38-31(35)19-26)32(41)37-28-17-24-12-13-27(20-29(24)36-21-28)39-44-34(43)22-8-6-5-7-9-22/h5-11,16-18,21,27,39H,3-4,12-15,19-20H2,1-2H3,(H2,35,38)(H,37,41). The zero-order chi connectivity index (χ0) is 31.1. The Kier molecular flexibility index (Phi) is 9.81. The summed E-state index contributed by atoms with van der Waals surface area (Å²) in [6.45, 7) is 5.48. The van der Waals surface area contributed by atoms with E-state index in [0.29, 0.717) is 53.4 Å². The van der Waals surface area contributed by atoms with Gasteiger partial charge in [-0.3, -0.25) is 14.6 Å². The minimum absolute atomic E-state index is 0.0308. The van der Waals surface area contributed by atoms with Crippen LogP contribution >= 0.6 is 0 Å².